The molecular weight excluding hydrogens is 358 g/mol. The molecule has 1 aromatic rings. The number of benzene rings is 1. The first kappa shape index (κ1) is 17.6. The Morgan fingerprint density at radius 2 is 1.77 bits per heavy atom. The average molecular weight is 372 g/mol. The molecule has 0 aliphatic rings. The highest BCUT2D eigenvalue weighted by Crippen LogP contribution is 2.10. The molecule has 8 nitrogen and oxygen atoms in total. The summed E-state index contributed by atoms with van der Waals surface area (Å²) in [5, 5.41) is 6.45. The number of carbonyl (C=O) groups is 4. The van der Waals surface area contributed by atoms with Crippen LogP contribution in [0.1, 0.15) is 10.4 Å². The number of esters is 1. The second kappa shape index (κ2) is 8.78. The van der Waals surface area contributed by atoms with E-state index in [4.69, 9.17) is 0 Å². The monoisotopic (exact) mass is 371 g/mol. The Morgan fingerprint density at radius 1 is 1.14 bits per heavy atom. The van der Waals surface area contributed by atoms with Crippen molar-refractivity contribution in [2.24, 2.45) is 0 Å². The first-order valence-electron chi connectivity index (χ1n) is 6.13. The van der Waals surface area contributed by atoms with Gasteiger partial charge in [-0.2, -0.15) is 0 Å². The van der Waals surface area contributed by atoms with Crippen LogP contribution >= 0.6 is 15.9 Å². The number of nitrogens with one attached hydrogen (secondary N) is 3. The summed E-state index contributed by atoms with van der Waals surface area (Å²) in [6.07, 6.45) is 0. The molecule has 0 saturated carbocycles. The third kappa shape index (κ3) is 6.35. The summed E-state index contributed by atoms with van der Waals surface area (Å²) in [6, 6.07) is 5.85. The molecule has 9 heteroatoms. The van der Waals surface area contributed by atoms with Crippen LogP contribution in [0.4, 0.5) is 4.79 Å². The Kier molecular flexibility index (Phi) is 7.03. The topological polar surface area (TPSA) is 114 Å². The Balaban J connectivity index is 2.31. The van der Waals surface area contributed by atoms with Gasteiger partial charge in [0.25, 0.3) is 11.8 Å². The van der Waals surface area contributed by atoms with Gasteiger partial charge in [-0.25, -0.2) is 4.79 Å². The highest BCUT2D eigenvalue weighted by atomic mass is 79.9. The molecule has 0 aromatic heterocycles. The van der Waals surface area contributed by atoms with Gasteiger partial charge < -0.3 is 15.4 Å². The molecule has 4 amide bonds. The van der Waals surface area contributed by atoms with Gasteiger partial charge in [-0.05, 0) is 24.3 Å². The van der Waals surface area contributed by atoms with Gasteiger partial charge in [0, 0.05) is 17.1 Å². The Bertz CT molecular complexity index is 574. The molecule has 0 fully saturated rings. The summed E-state index contributed by atoms with van der Waals surface area (Å²) in [5.74, 6) is -2.01. The van der Waals surface area contributed by atoms with Gasteiger partial charge >= 0.3 is 12.0 Å². The second-order valence-electron chi connectivity index (χ2n) is 3.98. The third-order valence-corrected chi connectivity index (χ3v) is 2.87. The van der Waals surface area contributed by atoms with Crippen LogP contribution in [-0.2, 0) is 14.3 Å². The van der Waals surface area contributed by atoms with E-state index in [0.29, 0.717) is 5.56 Å². The maximum atomic E-state index is 11.7. The van der Waals surface area contributed by atoms with Crippen LogP contribution in [0.3, 0.4) is 0 Å². The van der Waals surface area contributed by atoms with Crippen molar-refractivity contribution in [3.8, 4) is 0 Å². The Hall–Kier alpha value is -2.42. The zero-order valence-electron chi connectivity index (χ0n) is 11.6. The summed E-state index contributed by atoms with van der Waals surface area (Å²) in [5.41, 5.74) is 0.383. The predicted octanol–water partition coefficient (Wildman–Crippen LogP) is 0.178. The number of amides is 4. The molecule has 0 spiro atoms. The van der Waals surface area contributed by atoms with E-state index >= 15 is 0 Å². The first-order chi connectivity index (χ1) is 10.4. The van der Waals surface area contributed by atoms with Crippen molar-refractivity contribution >= 4 is 39.7 Å². The van der Waals surface area contributed by atoms with E-state index < -0.39 is 30.4 Å². The lowest BCUT2D eigenvalue weighted by molar-refractivity contribution is -0.147. The van der Waals surface area contributed by atoms with Crippen LogP contribution in [0.15, 0.2) is 28.7 Å². The maximum Gasteiger partial charge on any atom is 0.325 e. The van der Waals surface area contributed by atoms with E-state index in [1.165, 1.54) is 7.05 Å². The number of halogens is 1. The fraction of sp³-hybridized carbons (Fsp3) is 0.231. The smallest absolute Gasteiger partial charge is 0.325 e. The van der Waals surface area contributed by atoms with Gasteiger partial charge in [0.1, 0.15) is 6.54 Å². The maximum absolute atomic E-state index is 11.7. The average Bonchev–Trinajstić information content (AvgIpc) is 2.51. The molecule has 0 radical (unpaired) electrons. The third-order valence-electron chi connectivity index (χ3n) is 2.34. The predicted molar refractivity (Wildman–Crippen MR) is 80.0 cm³/mol. The molecule has 1 aromatic carbocycles. The quantitative estimate of drug-likeness (QED) is 0.638. The van der Waals surface area contributed by atoms with Crippen molar-refractivity contribution in [3.05, 3.63) is 34.3 Å². The highest BCUT2D eigenvalue weighted by Gasteiger charge is 2.11. The normalized spacial score (nSPS) is 9.55. The molecule has 0 heterocycles. The molecule has 0 aliphatic heterocycles. The zero-order chi connectivity index (χ0) is 16.5. The lowest BCUT2D eigenvalue weighted by atomic mass is 10.2. The Morgan fingerprint density at radius 3 is 2.36 bits per heavy atom. The molecule has 0 unspecified atom stereocenters. The van der Waals surface area contributed by atoms with Crippen LogP contribution < -0.4 is 16.0 Å². The Labute approximate surface area is 134 Å². The largest absolute Gasteiger partial charge is 0.454 e. The second-order valence-corrected chi connectivity index (χ2v) is 4.89. The summed E-state index contributed by atoms with van der Waals surface area (Å²) in [4.78, 5) is 45.1. The molecule has 22 heavy (non-hydrogen) atoms. The summed E-state index contributed by atoms with van der Waals surface area (Å²) in [6.45, 7) is -0.997. The first-order valence-corrected chi connectivity index (χ1v) is 6.92. The lowest BCUT2D eigenvalue weighted by Gasteiger charge is -2.07. The standard InChI is InChI=1S/C13H14BrN3O5/c1-15-13(21)17-10(18)7-22-11(19)6-16-12(20)8-2-4-9(14)5-3-8/h2-5H,6-7H2,1H3,(H,16,20)(H2,15,17,18,21). The van der Waals surface area contributed by atoms with Gasteiger partial charge in [-0.15, -0.1) is 0 Å². The van der Waals surface area contributed by atoms with Crippen molar-refractivity contribution in [2.75, 3.05) is 20.2 Å². The van der Waals surface area contributed by atoms with E-state index in [9.17, 15) is 19.2 Å². The highest BCUT2D eigenvalue weighted by molar-refractivity contribution is 9.10. The van der Waals surface area contributed by atoms with Crippen LogP contribution in [0.5, 0.6) is 0 Å². The zero-order valence-corrected chi connectivity index (χ0v) is 13.2. The van der Waals surface area contributed by atoms with E-state index in [1.54, 1.807) is 24.3 Å². The van der Waals surface area contributed by atoms with Crippen LogP contribution in [0.2, 0.25) is 0 Å². The van der Waals surface area contributed by atoms with E-state index in [1.807, 2.05) is 5.32 Å². The van der Waals surface area contributed by atoms with Gasteiger partial charge in [-0.3, -0.25) is 19.7 Å². The van der Waals surface area contributed by atoms with Crippen LogP contribution in [0.25, 0.3) is 0 Å². The number of hydrogen-bond donors (Lipinski definition) is 3. The summed E-state index contributed by atoms with van der Waals surface area (Å²) >= 11 is 3.24. The minimum absolute atomic E-state index is 0.383. The van der Waals surface area contributed by atoms with E-state index in [2.05, 4.69) is 31.3 Å². The molecule has 1 rings (SSSR count). The van der Waals surface area contributed by atoms with Gasteiger partial charge in [-0.1, -0.05) is 15.9 Å². The van der Waals surface area contributed by atoms with Gasteiger partial charge in [0.2, 0.25) is 0 Å². The molecule has 0 bridgehead atoms. The number of urea groups is 1. The van der Waals surface area contributed by atoms with Crippen molar-refractivity contribution < 1.29 is 23.9 Å². The SMILES string of the molecule is CNC(=O)NC(=O)COC(=O)CNC(=O)c1ccc(Br)cc1. The number of carbonyl (C=O) groups excluding carboxylic acids is 4. The molecule has 0 saturated heterocycles. The number of rotatable bonds is 5. The summed E-state index contributed by atoms with van der Waals surface area (Å²) in [7, 11) is 1.34. The fourth-order valence-corrected chi connectivity index (χ4v) is 1.54. The number of hydrogen-bond acceptors (Lipinski definition) is 5. The van der Waals surface area contributed by atoms with Crippen molar-refractivity contribution in [1.82, 2.24) is 16.0 Å². The number of ether oxygens (including phenoxy) is 1. The lowest BCUT2D eigenvalue weighted by Crippen LogP contribution is -2.40. The summed E-state index contributed by atoms with van der Waals surface area (Å²) < 4.78 is 5.43. The number of imide groups is 1. The molecule has 0 atom stereocenters. The van der Waals surface area contributed by atoms with Crippen LogP contribution in [-0.4, -0.2) is 44.0 Å². The minimum atomic E-state index is -0.794. The fourth-order valence-electron chi connectivity index (χ4n) is 1.28. The van der Waals surface area contributed by atoms with Crippen molar-refractivity contribution in [1.29, 1.82) is 0 Å². The van der Waals surface area contributed by atoms with Gasteiger partial charge in [0.05, 0.1) is 0 Å². The molecular formula is C13H14BrN3O5. The molecule has 0 aliphatic carbocycles. The van der Waals surface area contributed by atoms with Crippen LogP contribution in [0, 0.1) is 0 Å². The van der Waals surface area contributed by atoms with Gasteiger partial charge in [0.15, 0.2) is 6.61 Å². The molecule has 3 N–H and O–H groups in total. The van der Waals surface area contributed by atoms with Crippen molar-refractivity contribution in [3.63, 3.8) is 0 Å². The molecule has 118 valence electrons. The van der Waals surface area contributed by atoms with Crippen molar-refractivity contribution in [2.45, 2.75) is 0 Å². The van der Waals surface area contributed by atoms with E-state index in [0.717, 1.165) is 4.47 Å². The minimum Gasteiger partial charge on any atom is -0.454 e. The van der Waals surface area contributed by atoms with E-state index in [-0.39, 0.29) is 6.54 Å².